The van der Waals surface area contributed by atoms with Crippen LogP contribution in [0.3, 0.4) is 0 Å². The van der Waals surface area contributed by atoms with Crippen molar-refractivity contribution < 1.29 is 21.6 Å². The topological polar surface area (TPSA) is 75.2 Å². The first-order valence-electron chi connectivity index (χ1n) is 6.37. The Morgan fingerprint density at radius 2 is 1.95 bits per heavy atom. The summed E-state index contributed by atoms with van der Waals surface area (Å²) in [7, 11) is -5.20. The van der Waals surface area contributed by atoms with E-state index >= 15 is 0 Å². The van der Waals surface area contributed by atoms with Gasteiger partial charge in [0, 0.05) is 32.0 Å². The van der Waals surface area contributed by atoms with Crippen LogP contribution in [0.5, 0.6) is 0 Å². The van der Waals surface area contributed by atoms with Gasteiger partial charge in [-0.1, -0.05) is 0 Å². The summed E-state index contributed by atoms with van der Waals surface area (Å²) in [6.07, 6.45) is 5.36. The van der Waals surface area contributed by atoms with Gasteiger partial charge in [0.2, 0.25) is 0 Å². The average Bonchev–Trinajstić information content (AvgIpc) is 2.45. The van der Waals surface area contributed by atoms with E-state index in [1.807, 2.05) is 0 Å². The predicted octanol–water partition coefficient (Wildman–Crippen LogP) is 1.45. The van der Waals surface area contributed by atoms with Crippen LogP contribution in [0, 0.1) is 5.92 Å². The molecule has 0 bridgehead atoms. The Labute approximate surface area is 120 Å². The van der Waals surface area contributed by atoms with Crippen LogP contribution in [0.2, 0.25) is 0 Å². The zero-order valence-electron chi connectivity index (χ0n) is 11.0. The smallest absolute Gasteiger partial charge is 0.369 e. The number of hydrogen-bond donors (Lipinski definition) is 1. The molecule has 2 heterocycles. The van der Waals surface area contributed by atoms with Crippen molar-refractivity contribution in [1.29, 1.82) is 0 Å². The third kappa shape index (κ3) is 3.82. The van der Waals surface area contributed by atoms with Crippen LogP contribution in [0.1, 0.15) is 12.8 Å². The summed E-state index contributed by atoms with van der Waals surface area (Å²) in [6, 6.07) is 0. The molecule has 0 aromatic carbocycles. The van der Waals surface area contributed by atoms with Gasteiger partial charge in [-0.3, -0.25) is 4.98 Å². The number of sulfonamides is 1. The Kier molecular flexibility index (Phi) is 4.67. The van der Waals surface area contributed by atoms with Gasteiger partial charge in [0.25, 0.3) is 0 Å². The number of anilines is 1. The fourth-order valence-electron chi connectivity index (χ4n) is 2.14. The highest BCUT2D eigenvalue weighted by atomic mass is 32.2. The second kappa shape index (κ2) is 6.14. The first kappa shape index (κ1) is 16.0. The summed E-state index contributed by atoms with van der Waals surface area (Å²) < 4.78 is 60.3. The van der Waals surface area contributed by atoms with Crippen LogP contribution in [0.15, 0.2) is 18.6 Å². The monoisotopic (exact) mass is 324 g/mol. The van der Waals surface area contributed by atoms with E-state index in [2.05, 4.69) is 15.3 Å². The van der Waals surface area contributed by atoms with Gasteiger partial charge in [-0.2, -0.15) is 17.5 Å². The molecule has 1 aromatic rings. The summed E-state index contributed by atoms with van der Waals surface area (Å²) in [5, 5.41) is 3.03. The molecule has 0 amide bonds. The lowest BCUT2D eigenvalue weighted by molar-refractivity contribution is -0.0496. The molecule has 1 saturated heterocycles. The lowest BCUT2D eigenvalue weighted by atomic mass is 9.98. The molecule has 0 unspecified atom stereocenters. The Balaban J connectivity index is 1.84. The lowest BCUT2D eigenvalue weighted by Gasteiger charge is -2.31. The predicted molar refractivity (Wildman–Crippen MR) is 69.8 cm³/mol. The fourth-order valence-corrected chi connectivity index (χ4v) is 3.12. The molecule has 21 heavy (non-hydrogen) atoms. The number of rotatable bonds is 4. The first-order valence-corrected chi connectivity index (χ1v) is 7.81. The Morgan fingerprint density at radius 1 is 1.29 bits per heavy atom. The number of nitrogens with one attached hydrogen (secondary N) is 1. The second-order valence-corrected chi connectivity index (χ2v) is 6.69. The van der Waals surface area contributed by atoms with E-state index < -0.39 is 15.5 Å². The molecule has 118 valence electrons. The first-order chi connectivity index (χ1) is 9.80. The molecule has 2 rings (SSSR count). The minimum atomic E-state index is -5.22. The number of nitrogens with zero attached hydrogens (tertiary/aromatic N) is 3. The lowest BCUT2D eigenvalue weighted by Crippen LogP contribution is -2.45. The molecule has 0 aliphatic carbocycles. The van der Waals surface area contributed by atoms with Gasteiger partial charge in [-0.25, -0.2) is 13.4 Å². The van der Waals surface area contributed by atoms with Crippen LogP contribution in [-0.2, 0) is 10.0 Å². The molecule has 1 aliphatic rings. The number of halogens is 3. The fraction of sp³-hybridized carbons (Fsp3) is 0.636. The summed E-state index contributed by atoms with van der Waals surface area (Å²) in [5.74, 6) is 0.689. The van der Waals surface area contributed by atoms with Crippen molar-refractivity contribution in [1.82, 2.24) is 14.3 Å². The van der Waals surface area contributed by atoms with Gasteiger partial charge in [-0.05, 0) is 18.8 Å². The van der Waals surface area contributed by atoms with Crippen molar-refractivity contribution in [2.24, 2.45) is 5.92 Å². The minimum Gasteiger partial charge on any atom is -0.369 e. The highest BCUT2D eigenvalue weighted by Gasteiger charge is 2.50. The van der Waals surface area contributed by atoms with Gasteiger partial charge in [0.1, 0.15) is 5.82 Å². The zero-order chi connectivity index (χ0) is 15.5. The number of aromatic nitrogens is 2. The van der Waals surface area contributed by atoms with Crippen LogP contribution in [0.4, 0.5) is 19.0 Å². The molecule has 0 spiro atoms. The molecule has 6 nitrogen and oxygen atoms in total. The van der Waals surface area contributed by atoms with Crippen molar-refractivity contribution in [2.45, 2.75) is 18.3 Å². The van der Waals surface area contributed by atoms with E-state index in [4.69, 9.17) is 0 Å². The third-order valence-corrected chi connectivity index (χ3v) is 4.97. The molecule has 1 fully saturated rings. The van der Waals surface area contributed by atoms with Crippen molar-refractivity contribution in [3.63, 3.8) is 0 Å². The van der Waals surface area contributed by atoms with Gasteiger partial charge in [-0.15, -0.1) is 0 Å². The molecule has 0 atom stereocenters. The summed E-state index contributed by atoms with van der Waals surface area (Å²) in [5.41, 5.74) is -5.22. The average molecular weight is 324 g/mol. The Bertz CT molecular complexity index is 557. The maximum absolute atomic E-state index is 12.4. The highest BCUT2D eigenvalue weighted by molar-refractivity contribution is 7.90. The maximum Gasteiger partial charge on any atom is 0.511 e. The van der Waals surface area contributed by atoms with Crippen LogP contribution in [-0.4, -0.2) is 47.8 Å². The summed E-state index contributed by atoms with van der Waals surface area (Å²) in [6.45, 7) is 0.294. The van der Waals surface area contributed by atoms with E-state index in [9.17, 15) is 21.6 Å². The molecule has 1 aromatic heterocycles. The Morgan fingerprint density at radius 3 is 2.48 bits per heavy atom. The van der Waals surface area contributed by atoms with Crippen molar-refractivity contribution in [3.8, 4) is 0 Å². The quantitative estimate of drug-likeness (QED) is 0.907. The number of alkyl halides is 3. The maximum atomic E-state index is 12.4. The normalized spacial score (nSPS) is 18.6. The Hall–Kier alpha value is -1.42. The van der Waals surface area contributed by atoms with Crippen molar-refractivity contribution in [2.75, 3.05) is 25.0 Å². The number of hydrogen-bond acceptors (Lipinski definition) is 5. The van der Waals surface area contributed by atoms with Crippen LogP contribution in [0.25, 0.3) is 0 Å². The van der Waals surface area contributed by atoms with E-state index in [0.717, 1.165) is 0 Å². The zero-order valence-corrected chi connectivity index (χ0v) is 11.9. The largest absolute Gasteiger partial charge is 0.511 e. The molecule has 0 radical (unpaired) electrons. The van der Waals surface area contributed by atoms with Gasteiger partial charge in [0.15, 0.2) is 0 Å². The highest BCUT2D eigenvalue weighted by Crippen LogP contribution is 2.30. The standard InChI is InChI=1S/C11H15F3N4O2S/c12-11(13,14)21(19,20)18-5-1-9(2-6-18)7-17-10-8-15-3-4-16-10/h3-4,8-9H,1-2,5-7H2,(H,16,17). The van der Waals surface area contributed by atoms with E-state index in [0.29, 0.717) is 29.5 Å². The summed E-state index contributed by atoms with van der Waals surface area (Å²) >= 11 is 0. The third-order valence-electron chi connectivity index (χ3n) is 3.34. The van der Waals surface area contributed by atoms with Crippen molar-refractivity contribution in [3.05, 3.63) is 18.6 Å². The second-order valence-electron chi connectivity index (χ2n) is 4.76. The summed E-state index contributed by atoms with van der Waals surface area (Å²) in [4.78, 5) is 7.90. The van der Waals surface area contributed by atoms with E-state index in [-0.39, 0.29) is 19.0 Å². The van der Waals surface area contributed by atoms with E-state index in [1.54, 1.807) is 6.20 Å². The SMILES string of the molecule is O=S(=O)(N1CCC(CNc2cnccn2)CC1)C(F)(F)F. The van der Waals surface area contributed by atoms with E-state index in [1.165, 1.54) is 12.4 Å². The van der Waals surface area contributed by atoms with Crippen molar-refractivity contribution >= 4 is 15.8 Å². The molecule has 0 saturated carbocycles. The molecule has 1 N–H and O–H groups in total. The minimum absolute atomic E-state index is 0.103. The van der Waals surface area contributed by atoms with Crippen LogP contribution >= 0.6 is 0 Å². The molecule has 10 heteroatoms. The van der Waals surface area contributed by atoms with Gasteiger partial charge in [0.05, 0.1) is 6.20 Å². The van der Waals surface area contributed by atoms with Crippen LogP contribution < -0.4 is 5.32 Å². The van der Waals surface area contributed by atoms with Gasteiger partial charge < -0.3 is 5.32 Å². The van der Waals surface area contributed by atoms with Gasteiger partial charge >= 0.3 is 15.5 Å². The number of piperidine rings is 1. The molecular weight excluding hydrogens is 309 g/mol. The molecular formula is C11H15F3N4O2S. The molecule has 1 aliphatic heterocycles.